The van der Waals surface area contributed by atoms with Crippen LogP contribution in [0.1, 0.15) is 63.1 Å². The second-order valence-corrected chi connectivity index (χ2v) is 6.86. The van der Waals surface area contributed by atoms with Crippen molar-refractivity contribution in [2.75, 3.05) is 18.9 Å². The predicted molar refractivity (Wildman–Crippen MR) is 88.3 cm³/mol. The molecule has 20 heavy (non-hydrogen) atoms. The first kappa shape index (κ1) is 16.0. The van der Waals surface area contributed by atoms with Crippen LogP contribution in [0.2, 0.25) is 0 Å². The highest BCUT2D eigenvalue weighted by atomic mass is 79.9. The lowest BCUT2D eigenvalue weighted by atomic mass is 9.96. The van der Waals surface area contributed by atoms with Crippen molar-refractivity contribution in [2.45, 2.75) is 64.0 Å². The largest absolute Gasteiger partial charge is 0.300 e. The van der Waals surface area contributed by atoms with Gasteiger partial charge in [0.05, 0.1) is 11.7 Å². The fraction of sp³-hybridized carbons (Fsp3) is 0.812. The normalized spacial score (nSPS) is 16.9. The molecule has 1 heterocycles. The molecule has 0 aromatic carbocycles. The van der Waals surface area contributed by atoms with Crippen LogP contribution in [0.4, 0.5) is 0 Å². The number of rotatable bonds is 8. The maximum absolute atomic E-state index is 4.79. The van der Waals surface area contributed by atoms with Gasteiger partial charge < -0.3 is 4.90 Å². The molecule has 0 N–H and O–H groups in total. The van der Waals surface area contributed by atoms with Crippen LogP contribution < -0.4 is 0 Å². The Balaban J connectivity index is 1.74. The predicted octanol–water partition coefficient (Wildman–Crippen LogP) is 4.39. The Morgan fingerprint density at radius 2 is 2.05 bits per heavy atom. The van der Waals surface area contributed by atoms with Crippen LogP contribution in [0.5, 0.6) is 0 Å². The lowest BCUT2D eigenvalue weighted by molar-refractivity contribution is 0.303. The molecule has 0 amide bonds. The number of halogens is 1. The summed E-state index contributed by atoms with van der Waals surface area (Å²) in [4.78, 5) is 2.39. The minimum atomic E-state index is 0.654. The molecule has 1 saturated carbocycles. The molecule has 0 unspecified atom stereocenters. The minimum Gasteiger partial charge on any atom is -0.300 e. The van der Waals surface area contributed by atoms with Gasteiger partial charge in [0.2, 0.25) is 0 Å². The van der Waals surface area contributed by atoms with Gasteiger partial charge in [0.25, 0.3) is 0 Å². The highest BCUT2D eigenvalue weighted by Crippen LogP contribution is 2.27. The second kappa shape index (κ2) is 8.83. The van der Waals surface area contributed by atoms with E-state index in [-0.39, 0.29) is 0 Å². The van der Waals surface area contributed by atoms with Crippen LogP contribution in [0.3, 0.4) is 0 Å². The molecule has 1 aromatic heterocycles. The summed E-state index contributed by atoms with van der Waals surface area (Å²) in [5.41, 5.74) is 1.22. The summed E-state index contributed by atoms with van der Waals surface area (Å²) >= 11 is 3.48. The van der Waals surface area contributed by atoms with E-state index in [1.54, 1.807) is 0 Å². The van der Waals surface area contributed by atoms with Crippen LogP contribution in [0, 0.1) is 0 Å². The molecular weight excluding hydrogens is 314 g/mol. The molecule has 0 atom stereocenters. The molecule has 1 aromatic rings. The summed E-state index contributed by atoms with van der Waals surface area (Å²) in [6, 6.07) is 2.85. The lowest BCUT2D eigenvalue weighted by Crippen LogP contribution is -2.20. The Hall–Kier alpha value is -0.350. The first-order valence-electron chi connectivity index (χ1n) is 8.08. The van der Waals surface area contributed by atoms with Crippen LogP contribution >= 0.6 is 15.9 Å². The summed E-state index contributed by atoms with van der Waals surface area (Å²) in [6.45, 7) is 2.15. The van der Waals surface area contributed by atoms with Crippen LogP contribution in [0.25, 0.3) is 0 Å². The maximum atomic E-state index is 4.79. The maximum Gasteiger partial charge on any atom is 0.0764 e. The van der Waals surface area contributed by atoms with Gasteiger partial charge in [0.15, 0.2) is 0 Å². The van der Waals surface area contributed by atoms with Crippen molar-refractivity contribution in [1.82, 2.24) is 14.7 Å². The molecule has 0 spiro atoms. The Morgan fingerprint density at radius 3 is 2.80 bits per heavy atom. The van der Waals surface area contributed by atoms with Gasteiger partial charge in [-0.3, -0.25) is 4.68 Å². The number of unbranched alkanes of at least 4 members (excludes halogenated alkanes) is 2. The zero-order chi connectivity index (χ0) is 14.2. The third kappa shape index (κ3) is 5.21. The third-order valence-electron chi connectivity index (χ3n) is 4.22. The summed E-state index contributed by atoms with van der Waals surface area (Å²) < 4.78 is 2.22. The lowest BCUT2D eigenvalue weighted by Gasteiger charge is -2.22. The molecule has 1 aliphatic rings. The number of nitrogens with zero attached hydrogens (tertiary/aromatic N) is 3. The molecule has 0 bridgehead atoms. The van der Waals surface area contributed by atoms with Crippen molar-refractivity contribution in [3.05, 3.63) is 18.0 Å². The van der Waals surface area contributed by atoms with Gasteiger partial charge in [-0.2, -0.15) is 5.10 Å². The van der Waals surface area contributed by atoms with Crippen LogP contribution in [-0.2, 0) is 6.54 Å². The molecule has 0 saturated heterocycles. The highest BCUT2D eigenvalue weighted by Gasteiger charge is 2.16. The number of alkyl halides is 1. The molecular formula is C16H28BrN3. The summed E-state index contributed by atoms with van der Waals surface area (Å²) in [6.07, 6.45) is 12.8. The first-order chi connectivity index (χ1) is 9.79. The van der Waals surface area contributed by atoms with Crippen LogP contribution in [-0.4, -0.2) is 33.6 Å². The van der Waals surface area contributed by atoms with Crippen molar-refractivity contribution >= 4 is 15.9 Å². The third-order valence-corrected chi connectivity index (χ3v) is 4.78. The topological polar surface area (TPSA) is 21.1 Å². The minimum absolute atomic E-state index is 0.654. The highest BCUT2D eigenvalue weighted by molar-refractivity contribution is 9.09. The van der Waals surface area contributed by atoms with E-state index in [2.05, 4.69) is 44.8 Å². The molecule has 114 valence electrons. The average molecular weight is 342 g/mol. The number of hydrogen-bond acceptors (Lipinski definition) is 2. The van der Waals surface area contributed by atoms with E-state index in [1.807, 2.05) is 0 Å². The molecule has 0 aliphatic heterocycles. The van der Waals surface area contributed by atoms with Gasteiger partial charge in [-0.25, -0.2) is 0 Å². The van der Waals surface area contributed by atoms with E-state index >= 15 is 0 Å². The van der Waals surface area contributed by atoms with Gasteiger partial charge in [-0.1, -0.05) is 41.6 Å². The van der Waals surface area contributed by atoms with E-state index in [4.69, 9.17) is 5.10 Å². The summed E-state index contributed by atoms with van der Waals surface area (Å²) in [7, 11) is 2.20. The standard InChI is InChI=1S/C16H28BrN3/c1-19(12-7-3-6-11-17)14-15-10-13-20(18-15)16-8-4-2-5-9-16/h10,13,16H,2-9,11-12,14H2,1H3. The molecule has 0 radical (unpaired) electrons. The Morgan fingerprint density at radius 1 is 1.25 bits per heavy atom. The van der Waals surface area contributed by atoms with Gasteiger partial charge in [0.1, 0.15) is 0 Å². The molecule has 1 fully saturated rings. The quantitative estimate of drug-likeness (QED) is 0.516. The van der Waals surface area contributed by atoms with Gasteiger partial charge in [-0.05, 0) is 45.3 Å². The van der Waals surface area contributed by atoms with Crippen molar-refractivity contribution in [3.8, 4) is 0 Å². The summed E-state index contributed by atoms with van der Waals surface area (Å²) in [5.74, 6) is 0. The Kier molecular flexibility index (Phi) is 7.08. The molecule has 2 rings (SSSR count). The van der Waals surface area contributed by atoms with Crippen molar-refractivity contribution < 1.29 is 0 Å². The van der Waals surface area contributed by atoms with E-state index in [9.17, 15) is 0 Å². The van der Waals surface area contributed by atoms with E-state index < -0.39 is 0 Å². The average Bonchev–Trinajstić information content (AvgIpc) is 2.93. The monoisotopic (exact) mass is 341 g/mol. The fourth-order valence-electron chi connectivity index (χ4n) is 3.02. The smallest absolute Gasteiger partial charge is 0.0764 e. The second-order valence-electron chi connectivity index (χ2n) is 6.07. The number of hydrogen-bond donors (Lipinski definition) is 0. The molecule has 1 aliphatic carbocycles. The molecule has 4 heteroatoms. The van der Waals surface area contributed by atoms with Gasteiger partial charge >= 0.3 is 0 Å². The summed E-state index contributed by atoms with van der Waals surface area (Å²) in [5, 5.41) is 5.91. The SMILES string of the molecule is CN(CCCCCBr)Cc1ccn(C2CCCCC2)n1. The first-order valence-corrected chi connectivity index (χ1v) is 9.20. The van der Waals surface area contributed by atoms with Crippen molar-refractivity contribution in [2.24, 2.45) is 0 Å². The van der Waals surface area contributed by atoms with E-state index in [0.29, 0.717) is 6.04 Å². The van der Waals surface area contributed by atoms with Gasteiger partial charge in [0, 0.05) is 18.1 Å². The Bertz CT molecular complexity index is 372. The van der Waals surface area contributed by atoms with Crippen molar-refractivity contribution in [3.63, 3.8) is 0 Å². The van der Waals surface area contributed by atoms with Crippen LogP contribution in [0.15, 0.2) is 12.3 Å². The van der Waals surface area contributed by atoms with E-state index in [0.717, 1.165) is 11.9 Å². The molecule has 3 nitrogen and oxygen atoms in total. The zero-order valence-corrected chi connectivity index (χ0v) is 14.3. The Labute approximate surface area is 131 Å². The number of aromatic nitrogens is 2. The van der Waals surface area contributed by atoms with Crippen molar-refractivity contribution in [1.29, 1.82) is 0 Å². The van der Waals surface area contributed by atoms with Gasteiger partial charge in [-0.15, -0.1) is 0 Å². The zero-order valence-electron chi connectivity index (χ0n) is 12.7. The van der Waals surface area contributed by atoms with E-state index in [1.165, 1.54) is 63.6 Å². The fourth-order valence-corrected chi connectivity index (χ4v) is 3.42.